The summed E-state index contributed by atoms with van der Waals surface area (Å²) in [5.74, 6) is 0.755. The summed E-state index contributed by atoms with van der Waals surface area (Å²) in [6.07, 6.45) is 6.60. The zero-order chi connectivity index (χ0) is 16.2. The van der Waals surface area contributed by atoms with E-state index in [4.69, 9.17) is 5.14 Å². The van der Waals surface area contributed by atoms with E-state index in [9.17, 15) is 13.2 Å². The van der Waals surface area contributed by atoms with Crippen molar-refractivity contribution in [3.63, 3.8) is 0 Å². The van der Waals surface area contributed by atoms with Gasteiger partial charge in [0.15, 0.2) is 0 Å². The monoisotopic (exact) mass is 324 g/mol. The van der Waals surface area contributed by atoms with Crippen molar-refractivity contribution in [3.8, 4) is 0 Å². The van der Waals surface area contributed by atoms with Crippen molar-refractivity contribution in [2.45, 2.75) is 56.4 Å². The number of sulfonamides is 1. The fourth-order valence-electron chi connectivity index (χ4n) is 2.98. The molecule has 1 fully saturated rings. The Morgan fingerprint density at radius 1 is 1.27 bits per heavy atom. The molecule has 1 saturated carbocycles. The van der Waals surface area contributed by atoms with Crippen LogP contribution >= 0.6 is 0 Å². The molecule has 6 heteroatoms. The number of benzene rings is 1. The van der Waals surface area contributed by atoms with E-state index in [1.54, 1.807) is 12.1 Å². The molecule has 122 valence electrons. The third-order valence-corrected chi connectivity index (χ3v) is 5.27. The number of carbonyl (C=O) groups excluding carboxylic acids is 1. The lowest BCUT2D eigenvalue weighted by atomic mass is 10.0. The minimum Gasteiger partial charge on any atom is -0.350 e. The number of hydrogen-bond donors (Lipinski definition) is 2. The van der Waals surface area contributed by atoms with E-state index in [0.29, 0.717) is 12.3 Å². The number of hydrogen-bond acceptors (Lipinski definition) is 3. The Balaban J connectivity index is 1.85. The fraction of sp³-hybridized carbons (Fsp3) is 0.562. The second kappa shape index (κ2) is 7.24. The van der Waals surface area contributed by atoms with Crippen LogP contribution in [0.5, 0.6) is 0 Å². The molecular formula is C16H24N2O3S. The van der Waals surface area contributed by atoms with Crippen LogP contribution in [0.3, 0.4) is 0 Å². The van der Waals surface area contributed by atoms with Crippen LogP contribution in [0.1, 0.15) is 57.1 Å². The Morgan fingerprint density at radius 3 is 2.41 bits per heavy atom. The van der Waals surface area contributed by atoms with Crippen molar-refractivity contribution in [3.05, 3.63) is 29.8 Å². The lowest BCUT2D eigenvalue weighted by molar-refractivity contribution is -0.122. The number of rotatable bonds is 6. The van der Waals surface area contributed by atoms with Gasteiger partial charge in [-0.15, -0.1) is 0 Å². The zero-order valence-electron chi connectivity index (χ0n) is 12.9. The molecule has 3 N–H and O–H groups in total. The van der Waals surface area contributed by atoms with Crippen molar-refractivity contribution in [1.82, 2.24) is 5.32 Å². The van der Waals surface area contributed by atoms with E-state index in [1.807, 2.05) is 6.92 Å². The molecule has 1 atom stereocenters. The molecule has 0 spiro atoms. The van der Waals surface area contributed by atoms with Crippen LogP contribution in [-0.4, -0.2) is 14.3 Å². The second-order valence-electron chi connectivity index (χ2n) is 6.09. The third kappa shape index (κ3) is 4.81. The Labute approximate surface area is 132 Å². The van der Waals surface area contributed by atoms with Crippen LogP contribution in [-0.2, 0) is 14.8 Å². The molecule has 0 saturated heterocycles. The summed E-state index contributed by atoms with van der Waals surface area (Å²) in [6.45, 7) is 1.89. The third-order valence-electron chi connectivity index (χ3n) is 4.34. The van der Waals surface area contributed by atoms with Crippen LogP contribution in [0.4, 0.5) is 0 Å². The number of nitrogens with one attached hydrogen (secondary N) is 1. The van der Waals surface area contributed by atoms with Crippen molar-refractivity contribution in [2.24, 2.45) is 11.1 Å². The summed E-state index contributed by atoms with van der Waals surface area (Å²) in [5.41, 5.74) is 0.863. The maximum atomic E-state index is 12.0. The number of nitrogens with two attached hydrogens (primary N) is 1. The van der Waals surface area contributed by atoms with Gasteiger partial charge in [0.1, 0.15) is 0 Å². The second-order valence-corrected chi connectivity index (χ2v) is 7.65. The minimum absolute atomic E-state index is 0.0509. The highest BCUT2D eigenvalue weighted by Crippen LogP contribution is 2.28. The first kappa shape index (κ1) is 17.0. The molecule has 1 aromatic carbocycles. The highest BCUT2D eigenvalue weighted by molar-refractivity contribution is 7.89. The minimum atomic E-state index is -3.67. The largest absolute Gasteiger partial charge is 0.350 e. The summed E-state index contributed by atoms with van der Waals surface area (Å²) in [6, 6.07) is 6.15. The summed E-state index contributed by atoms with van der Waals surface area (Å²) in [4.78, 5) is 12.1. The molecule has 1 amide bonds. The quantitative estimate of drug-likeness (QED) is 0.842. The van der Waals surface area contributed by atoms with Gasteiger partial charge in [0, 0.05) is 6.42 Å². The van der Waals surface area contributed by atoms with E-state index in [0.717, 1.165) is 12.0 Å². The van der Waals surface area contributed by atoms with Gasteiger partial charge in [-0.3, -0.25) is 4.79 Å². The maximum Gasteiger partial charge on any atom is 0.238 e. The molecule has 0 aromatic heterocycles. The molecule has 1 aliphatic rings. The Morgan fingerprint density at radius 2 is 1.86 bits per heavy atom. The average Bonchev–Trinajstić information content (AvgIpc) is 2.97. The molecule has 2 rings (SSSR count). The van der Waals surface area contributed by atoms with Crippen molar-refractivity contribution < 1.29 is 13.2 Å². The molecule has 0 bridgehead atoms. The molecule has 22 heavy (non-hydrogen) atoms. The molecule has 0 heterocycles. The van der Waals surface area contributed by atoms with Gasteiger partial charge in [0.05, 0.1) is 10.9 Å². The summed E-state index contributed by atoms with van der Waals surface area (Å²) in [7, 11) is -3.67. The topological polar surface area (TPSA) is 89.3 Å². The highest BCUT2D eigenvalue weighted by atomic mass is 32.2. The smallest absolute Gasteiger partial charge is 0.238 e. The first-order valence-corrected chi connectivity index (χ1v) is 9.33. The van der Waals surface area contributed by atoms with Gasteiger partial charge in [-0.1, -0.05) is 37.8 Å². The van der Waals surface area contributed by atoms with Gasteiger partial charge in [-0.2, -0.15) is 0 Å². The summed E-state index contributed by atoms with van der Waals surface area (Å²) in [5, 5.41) is 8.02. The summed E-state index contributed by atoms with van der Waals surface area (Å²) >= 11 is 0. The van der Waals surface area contributed by atoms with Gasteiger partial charge in [0.25, 0.3) is 0 Å². The van der Waals surface area contributed by atoms with E-state index in [-0.39, 0.29) is 16.8 Å². The first-order chi connectivity index (χ1) is 10.4. The van der Waals surface area contributed by atoms with Gasteiger partial charge < -0.3 is 5.32 Å². The van der Waals surface area contributed by atoms with Crippen molar-refractivity contribution >= 4 is 15.9 Å². The number of amides is 1. The van der Waals surface area contributed by atoms with Crippen molar-refractivity contribution in [1.29, 1.82) is 0 Å². The molecule has 1 aliphatic carbocycles. The lowest BCUT2D eigenvalue weighted by Gasteiger charge is -2.15. The van der Waals surface area contributed by atoms with Gasteiger partial charge >= 0.3 is 0 Å². The SMILES string of the molecule is C[C@@H](NC(=O)CCC1CCCC1)c1ccc(S(N)(=O)=O)cc1. The van der Waals surface area contributed by atoms with Crippen molar-refractivity contribution in [2.75, 3.05) is 0 Å². The van der Waals surface area contributed by atoms with E-state index < -0.39 is 10.0 Å². The lowest BCUT2D eigenvalue weighted by Crippen LogP contribution is -2.26. The maximum absolute atomic E-state index is 12.0. The fourth-order valence-corrected chi connectivity index (χ4v) is 3.49. The summed E-state index contributed by atoms with van der Waals surface area (Å²) < 4.78 is 22.4. The molecule has 0 unspecified atom stereocenters. The standard InChI is InChI=1S/C16H24N2O3S/c1-12(14-7-9-15(10-8-14)22(17,20)21)18-16(19)11-6-13-4-2-3-5-13/h7-10,12-13H,2-6,11H2,1H3,(H,18,19)(H2,17,20,21)/t12-/m1/s1. The average molecular weight is 324 g/mol. The normalized spacial score (nSPS) is 17.4. The van der Waals surface area contributed by atoms with Crippen LogP contribution in [0.25, 0.3) is 0 Å². The van der Waals surface area contributed by atoms with Gasteiger partial charge in [-0.05, 0) is 37.0 Å². The number of primary sulfonamides is 1. The predicted molar refractivity (Wildman–Crippen MR) is 85.6 cm³/mol. The van der Waals surface area contributed by atoms with E-state index >= 15 is 0 Å². The molecule has 0 aliphatic heterocycles. The Kier molecular flexibility index (Phi) is 5.58. The van der Waals surface area contributed by atoms with E-state index in [2.05, 4.69) is 5.32 Å². The molecule has 5 nitrogen and oxygen atoms in total. The van der Waals surface area contributed by atoms with Crippen LogP contribution in [0.15, 0.2) is 29.2 Å². The highest BCUT2D eigenvalue weighted by Gasteiger charge is 2.17. The van der Waals surface area contributed by atoms with Crippen LogP contribution in [0.2, 0.25) is 0 Å². The van der Waals surface area contributed by atoms with Crippen LogP contribution in [0, 0.1) is 5.92 Å². The zero-order valence-corrected chi connectivity index (χ0v) is 13.7. The first-order valence-electron chi connectivity index (χ1n) is 7.78. The predicted octanol–water partition coefficient (Wildman–Crippen LogP) is 2.48. The van der Waals surface area contributed by atoms with Crippen LogP contribution < -0.4 is 10.5 Å². The molecule has 0 radical (unpaired) electrons. The number of carbonyl (C=O) groups is 1. The van der Waals surface area contributed by atoms with E-state index in [1.165, 1.54) is 37.8 Å². The van der Waals surface area contributed by atoms with Gasteiger partial charge in [0.2, 0.25) is 15.9 Å². The molecule has 1 aromatic rings. The van der Waals surface area contributed by atoms with Gasteiger partial charge in [-0.25, -0.2) is 13.6 Å². The molecular weight excluding hydrogens is 300 g/mol. The Hall–Kier alpha value is -1.40. The Bertz CT molecular complexity index is 605.